The molecule has 30 heavy (non-hydrogen) atoms. The summed E-state index contributed by atoms with van der Waals surface area (Å²) in [6, 6.07) is 2.62. The van der Waals surface area contributed by atoms with Crippen molar-refractivity contribution in [2.75, 3.05) is 18.8 Å². The number of sulfonamides is 1. The van der Waals surface area contributed by atoms with Crippen molar-refractivity contribution in [2.45, 2.75) is 24.2 Å². The molecule has 1 aliphatic heterocycles. The zero-order chi connectivity index (χ0) is 21.5. The van der Waals surface area contributed by atoms with Crippen LogP contribution in [0.4, 0.5) is 14.7 Å². The quantitative estimate of drug-likeness (QED) is 0.640. The van der Waals surface area contributed by atoms with Crippen LogP contribution in [0.5, 0.6) is 0 Å². The largest absolute Gasteiger partial charge is 0.368 e. The van der Waals surface area contributed by atoms with E-state index in [1.54, 1.807) is 0 Å². The third-order valence-electron chi connectivity index (χ3n) is 5.18. The van der Waals surface area contributed by atoms with Crippen molar-refractivity contribution in [1.29, 1.82) is 0 Å². The van der Waals surface area contributed by atoms with Gasteiger partial charge in [-0.3, -0.25) is 0 Å². The lowest BCUT2D eigenvalue weighted by Crippen LogP contribution is -2.42. The number of pyridine rings is 1. The molecule has 1 fully saturated rings. The average molecular weight is 435 g/mol. The molecule has 0 radical (unpaired) electrons. The van der Waals surface area contributed by atoms with E-state index in [9.17, 15) is 17.2 Å². The molecule has 1 saturated heterocycles. The number of aromatic nitrogens is 5. The first-order chi connectivity index (χ1) is 14.3. The van der Waals surface area contributed by atoms with E-state index in [2.05, 4.69) is 24.9 Å². The SMILES string of the molecule is C[C@H]1CN(S(=O)(=O)c2cnc(N)nc2)CC[C@H]1c1[nH]c(-c2ccc(F)cn2)nc1F. The summed E-state index contributed by atoms with van der Waals surface area (Å²) in [4.78, 5) is 18.2. The summed E-state index contributed by atoms with van der Waals surface area (Å²) >= 11 is 0. The van der Waals surface area contributed by atoms with Crippen molar-refractivity contribution < 1.29 is 17.2 Å². The third-order valence-corrected chi connectivity index (χ3v) is 7.00. The molecule has 3 aromatic rings. The number of nitrogens with one attached hydrogen (secondary N) is 1. The summed E-state index contributed by atoms with van der Waals surface area (Å²) in [6.45, 7) is 2.24. The van der Waals surface area contributed by atoms with Gasteiger partial charge in [0, 0.05) is 19.0 Å². The summed E-state index contributed by atoms with van der Waals surface area (Å²) < 4.78 is 54.7. The molecule has 1 aliphatic rings. The molecular weight excluding hydrogens is 416 g/mol. The number of halogens is 2. The van der Waals surface area contributed by atoms with Crippen molar-refractivity contribution in [1.82, 2.24) is 29.2 Å². The Kier molecular flexibility index (Phi) is 5.20. The van der Waals surface area contributed by atoms with E-state index in [0.717, 1.165) is 6.20 Å². The number of nitrogens with two attached hydrogens (primary N) is 1. The van der Waals surface area contributed by atoms with Gasteiger partial charge in [-0.1, -0.05) is 6.92 Å². The zero-order valence-electron chi connectivity index (χ0n) is 16.0. The Bertz CT molecular complexity index is 1150. The summed E-state index contributed by atoms with van der Waals surface area (Å²) in [5.74, 6) is -1.44. The highest BCUT2D eigenvalue weighted by Gasteiger charge is 2.36. The molecule has 12 heteroatoms. The minimum Gasteiger partial charge on any atom is -0.368 e. The highest BCUT2D eigenvalue weighted by molar-refractivity contribution is 7.89. The molecule has 4 rings (SSSR count). The van der Waals surface area contributed by atoms with E-state index >= 15 is 0 Å². The Morgan fingerprint density at radius 2 is 1.90 bits per heavy atom. The fourth-order valence-corrected chi connectivity index (χ4v) is 5.06. The van der Waals surface area contributed by atoms with Crippen LogP contribution in [0.25, 0.3) is 11.5 Å². The van der Waals surface area contributed by atoms with Crippen LogP contribution in [-0.4, -0.2) is 50.7 Å². The van der Waals surface area contributed by atoms with Crippen molar-refractivity contribution in [2.24, 2.45) is 5.92 Å². The van der Waals surface area contributed by atoms with E-state index in [1.165, 1.54) is 28.8 Å². The van der Waals surface area contributed by atoms with Crippen LogP contribution >= 0.6 is 0 Å². The van der Waals surface area contributed by atoms with Crippen molar-refractivity contribution in [3.8, 4) is 11.5 Å². The number of hydrogen-bond donors (Lipinski definition) is 2. The van der Waals surface area contributed by atoms with Gasteiger partial charge >= 0.3 is 0 Å². The number of anilines is 1. The van der Waals surface area contributed by atoms with Crippen molar-refractivity contribution >= 4 is 16.0 Å². The maximum absolute atomic E-state index is 14.6. The lowest BCUT2D eigenvalue weighted by atomic mass is 9.85. The van der Waals surface area contributed by atoms with Crippen molar-refractivity contribution in [3.63, 3.8) is 0 Å². The van der Waals surface area contributed by atoms with E-state index < -0.39 is 21.8 Å². The fraction of sp³-hybridized carbons (Fsp3) is 0.333. The van der Waals surface area contributed by atoms with Gasteiger partial charge in [-0.15, -0.1) is 0 Å². The molecule has 0 amide bonds. The maximum atomic E-state index is 14.6. The summed E-state index contributed by atoms with van der Waals surface area (Å²) in [7, 11) is -3.78. The Balaban J connectivity index is 1.54. The molecule has 0 spiro atoms. The molecule has 3 aromatic heterocycles. The summed E-state index contributed by atoms with van der Waals surface area (Å²) in [5.41, 5.74) is 6.03. The molecule has 3 N–H and O–H groups in total. The van der Waals surface area contributed by atoms with Gasteiger partial charge in [-0.05, 0) is 24.5 Å². The van der Waals surface area contributed by atoms with Gasteiger partial charge in [0.05, 0.1) is 24.3 Å². The Labute approximate surface area is 171 Å². The van der Waals surface area contributed by atoms with Crippen LogP contribution in [0, 0.1) is 17.7 Å². The molecular formula is C18H19F2N7O2S. The van der Waals surface area contributed by atoms with Crippen molar-refractivity contribution in [3.05, 3.63) is 48.2 Å². The predicted molar refractivity (Wildman–Crippen MR) is 103 cm³/mol. The molecule has 4 heterocycles. The minimum atomic E-state index is -3.78. The van der Waals surface area contributed by atoms with Crippen LogP contribution < -0.4 is 5.73 Å². The van der Waals surface area contributed by atoms with Crippen LogP contribution in [0.1, 0.15) is 25.0 Å². The smallest absolute Gasteiger partial charge is 0.246 e. The fourth-order valence-electron chi connectivity index (χ4n) is 3.61. The first-order valence-electron chi connectivity index (χ1n) is 9.20. The zero-order valence-corrected chi connectivity index (χ0v) is 16.8. The molecule has 2 atom stereocenters. The van der Waals surface area contributed by atoms with E-state index in [4.69, 9.17) is 5.73 Å². The first-order valence-corrected chi connectivity index (χ1v) is 10.6. The molecule has 0 bridgehead atoms. The van der Waals surface area contributed by atoms with Crippen LogP contribution in [0.15, 0.2) is 35.6 Å². The van der Waals surface area contributed by atoms with Gasteiger partial charge in [0.15, 0.2) is 5.82 Å². The van der Waals surface area contributed by atoms with E-state index in [1.807, 2.05) is 6.92 Å². The number of nitrogen functional groups attached to an aromatic ring is 1. The topological polar surface area (TPSA) is 131 Å². The van der Waals surface area contributed by atoms with Crippen LogP contribution in [-0.2, 0) is 10.0 Å². The second-order valence-electron chi connectivity index (χ2n) is 7.16. The van der Waals surface area contributed by atoms with Gasteiger partial charge in [0.2, 0.25) is 21.9 Å². The van der Waals surface area contributed by atoms with Gasteiger partial charge in [-0.25, -0.2) is 27.8 Å². The number of piperidine rings is 1. The molecule has 0 aliphatic carbocycles. The molecule has 0 saturated carbocycles. The number of rotatable bonds is 4. The van der Waals surface area contributed by atoms with Crippen LogP contribution in [0.3, 0.4) is 0 Å². The minimum absolute atomic E-state index is 0.0119. The number of nitrogens with zero attached hydrogens (tertiary/aromatic N) is 5. The van der Waals surface area contributed by atoms with E-state index in [0.29, 0.717) is 12.1 Å². The highest BCUT2D eigenvalue weighted by Crippen LogP contribution is 2.36. The lowest BCUT2D eigenvalue weighted by molar-refractivity contribution is 0.242. The highest BCUT2D eigenvalue weighted by atomic mass is 32.2. The van der Waals surface area contributed by atoms with E-state index in [-0.39, 0.29) is 47.3 Å². The number of aromatic amines is 1. The number of H-pyrrole nitrogens is 1. The normalized spacial score (nSPS) is 20.4. The lowest BCUT2D eigenvalue weighted by Gasteiger charge is -2.35. The molecule has 9 nitrogen and oxygen atoms in total. The summed E-state index contributed by atoms with van der Waals surface area (Å²) in [6.07, 6.45) is 3.77. The Morgan fingerprint density at radius 3 is 2.53 bits per heavy atom. The first kappa shape index (κ1) is 20.3. The second kappa shape index (κ2) is 7.69. The monoisotopic (exact) mass is 435 g/mol. The second-order valence-corrected chi connectivity index (χ2v) is 9.10. The molecule has 158 valence electrons. The van der Waals surface area contributed by atoms with Gasteiger partial charge in [0.25, 0.3) is 0 Å². The van der Waals surface area contributed by atoms with Gasteiger partial charge in [-0.2, -0.15) is 13.7 Å². The van der Waals surface area contributed by atoms with Gasteiger partial charge in [0.1, 0.15) is 16.4 Å². The van der Waals surface area contributed by atoms with Gasteiger partial charge < -0.3 is 10.7 Å². The summed E-state index contributed by atoms with van der Waals surface area (Å²) in [5, 5.41) is 0. The van der Waals surface area contributed by atoms with Crippen LogP contribution in [0.2, 0.25) is 0 Å². The Hall–Kier alpha value is -2.99. The standard InChI is InChI=1S/C18H19F2N7O2S/c1-10-9-27(30(28,29)12-7-23-18(21)24-8-12)5-4-13(10)15-16(20)26-17(25-15)14-3-2-11(19)6-22-14/h2-3,6-8,10,13H,4-5,9H2,1H3,(H,25,26)(H2,21,23,24)/t10-,13+/m0/s1. The maximum Gasteiger partial charge on any atom is 0.246 e. The molecule has 0 aromatic carbocycles. The number of hydrogen-bond acceptors (Lipinski definition) is 7. The Morgan fingerprint density at radius 1 is 1.17 bits per heavy atom. The molecule has 0 unspecified atom stereocenters. The number of imidazole rings is 1. The predicted octanol–water partition coefficient (Wildman–Crippen LogP) is 1.94. The average Bonchev–Trinajstić information content (AvgIpc) is 3.10. The third kappa shape index (κ3) is 3.75.